The first-order valence-electron chi connectivity index (χ1n) is 5.74. The summed E-state index contributed by atoms with van der Waals surface area (Å²) in [6.07, 6.45) is 0.620. The summed E-state index contributed by atoms with van der Waals surface area (Å²) >= 11 is 5.62. The molecular formula is C12H14Cl2FNO3S. The number of benzene rings is 1. The van der Waals surface area contributed by atoms with Gasteiger partial charge in [0.1, 0.15) is 10.7 Å². The zero-order chi connectivity index (χ0) is 15.7. The quantitative estimate of drug-likeness (QED) is 0.854. The average Bonchev–Trinajstić information content (AvgIpc) is 2.26. The minimum Gasteiger partial charge on any atom is -0.347 e. The van der Waals surface area contributed by atoms with E-state index in [1.807, 2.05) is 6.92 Å². The summed E-state index contributed by atoms with van der Waals surface area (Å²) in [6, 6.07) is 1.59. The molecule has 0 fully saturated rings. The molecule has 112 valence electrons. The maximum atomic E-state index is 13.8. The first kappa shape index (κ1) is 17.2. The second-order valence-electron chi connectivity index (χ2n) is 4.89. The Morgan fingerprint density at radius 3 is 2.40 bits per heavy atom. The molecule has 4 nitrogen and oxygen atoms in total. The minimum atomic E-state index is -4.16. The molecule has 0 heterocycles. The molecule has 0 aliphatic rings. The van der Waals surface area contributed by atoms with Gasteiger partial charge in [0.25, 0.3) is 15.0 Å². The van der Waals surface area contributed by atoms with Crippen molar-refractivity contribution in [3.8, 4) is 0 Å². The van der Waals surface area contributed by atoms with E-state index in [2.05, 4.69) is 5.32 Å². The van der Waals surface area contributed by atoms with Gasteiger partial charge in [0.2, 0.25) is 0 Å². The molecule has 0 aromatic heterocycles. The summed E-state index contributed by atoms with van der Waals surface area (Å²) < 4.78 is 36.4. The van der Waals surface area contributed by atoms with Crippen LogP contribution in [0.4, 0.5) is 4.39 Å². The topological polar surface area (TPSA) is 63.2 Å². The summed E-state index contributed by atoms with van der Waals surface area (Å²) in [5.74, 6) is -1.64. The Labute approximate surface area is 126 Å². The Balaban J connectivity index is 3.30. The van der Waals surface area contributed by atoms with E-state index in [0.29, 0.717) is 6.42 Å². The van der Waals surface area contributed by atoms with Gasteiger partial charge < -0.3 is 5.32 Å². The third kappa shape index (κ3) is 4.07. The molecule has 0 saturated carbocycles. The summed E-state index contributed by atoms with van der Waals surface area (Å²) in [5.41, 5.74) is -0.974. The molecule has 8 heteroatoms. The lowest BCUT2D eigenvalue weighted by Crippen LogP contribution is -2.43. The summed E-state index contributed by atoms with van der Waals surface area (Å²) in [7, 11) is 1.02. The van der Waals surface area contributed by atoms with Gasteiger partial charge >= 0.3 is 0 Å². The third-order valence-electron chi connectivity index (χ3n) is 2.86. The Hall–Kier alpha value is -0.850. The van der Waals surface area contributed by atoms with Crippen LogP contribution in [0.5, 0.6) is 0 Å². The van der Waals surface area contributed by atoms with Gasteiger partial charge in [-0.1, -0.05) is 18.5 Å². The largest absolute Gasteiger partial charge is 0.347 e. The Morgan fingerprint density at radius 2 is 1.95 bits per heavy atom. The van der Waals surface area contributed by atoms with Crippen LogP contribution in [-0.4, -0.2) is 19.9 Å². The normalized spacial score (nSPS) is 12.3. The summed E-state index contributed by atoms with van der Waals surface area (Å²) in [4.78, 5) is 11.5. The molecule has 1 amide bonds. The molecule has 1 aromatic rings. The molecule has 0 bridgehead atoms. The third-order valence-corrected chi connectivity index (χ3v) is 4.65. The highest BCUT2D eigenvalue weighted by atomic mass is 35.7. The number of halogens is 3. The van der Waals surface area contributed by atoms with Crippen molar-refractivity contribution < 1.29 is 17.6 Å². The fourth-order valence-corrected chi connectivity index (χ4v) is 2.86. The fraction of sp³-hybridized carbons (Fsp3) is 0.417. The van der Waals surface area contributed by atoms with Gasteiger partial charge in [-0.3, -0.25) is 4.79 Å². The van der Waals surface area contributed by atoms with Crippen LogP contribution >= 0.6 is 22.3 Å². The van der Waals surface area contributed by atoms with E-state index in [1.54, 1.807) is 13.8 Å². The van der Waals surface area contributed by atoms with Crippen molar-refractivity contribution in [1.29, 1.82) is 0 Å². The van der Waals surface area contributed by atoms with E-state index in [0.717, 1.165) is 12.1 Å². The Morgan fingerprint density at radius 1 is 1.40 bits per heavy atom. The molecule has 1 rings (SSSR count). The highest BCUT2D eigenvalue weighted by Crippen LogP contribution is 2.28. The maximum Gasteiger partial charge on any atom is 0.262 e. The van der Waals surface area contributed by atoms with Crippen LogP contribution in [0, 0.1) is 5.82 Å². The van der Waals surface area contributed by atoms with Crippen LogP contribution in [0.1, 0.15) is 37.6 Å². The molecule has 0 aliphatic carbocycles. The van der Waals surface area contributed by atoms with Crippen molar-refractivity contribution in [2.75, 3.05) is 0 Å². The second kappa shape index (κ2) is 5.87. The minimum absolute atomic E-state index is 0.371. The lowest BCUT2D eigenvalue weighted by molar-refractivity contribution is 0.0907. The second-order valence-corrected chi connectivity index (χ2v) is 7.83. The van der Waals surface area contributed by atoms with Crippen LogP contribution < -0.4 is 5.32 Å². The maximum absolute atomic E-state index is 13.8. The van der Waals surface area contributed by atoms with Crippen molar-refractivity contribution in [2.24, 2.45) is 0 Å². The van der Waals surface area contributed by atoms with Crippen molar-refractivity contribution >= 4 is 37.2 Å². The predicted molar refractivity (Wildman–Crippen MR) is 76.3 cm³/mol. The van der Waals surface area contributed by atoms with Crippen LogP contribution in [0.2, 0.25) is 5.02 Å². The molecule has 1 aromatic carbocycles. The van der Waals surface area contributed by atoms with Crippen molar-refractivity contribution in [2.45, 2.75) is 37.6 Å². The van der Waals surface area contributed by atoms with Crippen molar-refractivity contribution in [1.82, 2.24) is 5.32 Å². The SMILES string of the molecule is CCC(C)(C)NC(=O)c1cc(S(=O)(=O)Cl)c(Cl)cc1F. The molecule has 20 heavy (non-hydrogen) atoms. The Kier molecular flexibility index (Phi) is 5.05. The first-order valence-corrected chi connectivity index (χ1v) is 8.43. The molecule has 0 unspecified atom stereocenters. The molecule has 0 aliphatic heterocycles. The number of hydrogen-bond acceptors (Lipinski definition) is 3. The molecule has 0 atom stereocenters. The number of hydrogen-bond donors (Lipinski definition) is 1. The zero-order valence-corrected chi connectivity index (χ0v) is 13.5. The van der Waals surface area contributed by atoms with E-state index in [-0.39, 0.29) is 5.02 Å². The average molecular weight is 342 g/mol. The highest BCUT2D eigenvalue weighted by molar-refractivity contribution is 8.13. The number of amides is 1. The number of nitrogens with one attached hydrogen (secondary N) is 1. The van der Waals surface area contributed by atoms with E-state index < -0.39 is 36.8 Å². The van der Waals surface area contributed by atoms with E-state index in [4.69, 9.17) is 22.3 Å². The van der Waals surface area contributed by atoms with Gasteiger partial charge in [-0.15, -0.1) is 0 Å². The summed E-state index contributed by atoms with van der Waals surface area (Å²) in [5, 5.41) is 2.23. The Bertz CT molecular complexity index is 644. The lowest BCUT2D eigenvalue weighted by Gasteiger charge is -2.24. The first-order chi connectivity index (χ1) is 8.98. The van der Waals surface area contributed by atoms with Crippen molar-refractivity contribution in [3.05, 3.63) is 28.5 Å². The van der Waals surface area contributed by atoms with Gasteiger partial charge in [0.15, 0.2) is 0 Å². The fourth-order valence-electron chi connectivity index (χ4n) is 1.35. The van der Waals surface area contributed by atoms with Crippen molar-refractivity contribution in [3.63, 3.8) is 0 Å². The number of carbonyl (C=O) groups excluding carboxylic acids is 1. The van der Waals surface area contributed by atoms with Crippen LogP contribution in [0.15, 0.2) is 17.0 Å². The lowest BCUT2D eigenvalue weighted by atomic mass is 10.0. The van der Waals surface area contributed by atoms with Crippen LogP contribution in [0.3, 0.4) is 0 Å². The summed E-state index contributed by atoms with van der Waals surface area (Å²) in [6.45, 7) is 5.38. The smallest absolute Gasteiger partial charge is 0.262 e. The van der Waals surface area contributed by atoms with E-state index >= 15 is 0 Å². The van der Waals surface area contributed by atoms with Gasteiger partial charge in [-0.2, -0.15) is 0 Å². The van der Waals surface area contributed by atoms with Gasteiger partial charge in [0.05, 0.1) is 10.6 Å². The number of rotatable bonds is 4. The van der Waals surface area contributed by atoms with E-state index in [1.165, 1.54) is 0 Å². The van der Waals surface area contributed by atoms with Crippen LogP contribution in [0.25, 0.3) is 0 Å². The van der Waals surface area contributed by atoms with Crippen LogP contribution in [-0.2, 0) is 9.05 Å². The molecule has 0 saturated heterocycles. The van der Waals surface area contributed by atoms with E-state index in [9.17, 15) is 17.6 Å². The predicted octanol–water partition coefficient (Wildman–Crippen LogP) is 3.33. The zero-order valence-electron chi connectivity index (χ0n) is 11.1. The van der Waals surface area contributed by atoms with Gasteiger partial charge in [0, 0.05) is 16.2 Å². The molecule has 0 radical (unpaired) electrons. The standard InChI is InChI=1S/C12H14Cl2FNO3S/c1-4-12(2,3)16-11(17)7-5-10(20(14,18)19)8(13)6-9(7)15/h5-6H,4H2,1-3H3,(H,16,17). The monoisotopic (exact) mass is 341 g/mol. The van der Waals surface area contributed by atoms with Gasteiger partial charge in [-0.05, 0) is 32.4 Å². The molecule has 1 N–H and O–H groups in total. The molecule has 0 spiro atoms. The number of carbonyl (C=O) groups is 1. The molecular weight excluding hydrogens is 328 g/mol. The van der Waals surface area contributed by atoms with Gasteiger partial charge in [-0.25, -0.2) is 12.8 Å². The highest BCUT2D eigenvalue weighted by Gasteiger charge is 2.25.